The van der Waals surface area contributed by atoms with Crippen molar-refractivity contribution in [3.05, 3.63) is 0 Å². The van der Waals surface area contributed by atoms with Crippen molar-refractivity contribution in [1.82, 2.24) is 0 Å². The summed E-state index contributed by atoms with van der Waals surface area (Å²) in [5.41, 5.74) is 1.16. The highest BCUT2D eigenvalue weighted by Crippen LogP contribution is 2.33. The molecule has 0 aromatic heterocycles. The zero-order chi connectivity index (χ0) is 7.84. The van der Waals surface area contributed by atoms with Crippen LogP contribution >= 0.6 is 0 Å². The summed E-state index contributed by atoms with van der Waals surface area (Å²) in [5.74, 6) is -0.247. The Morgan fingerprint density at radius 1 is 1.64 bits per heavy atom. The van der Waals surface area contributed by atoms with Crippen molar-refractivity contribution in [2.24, 2.45) is 10.9 Å². The largest absolute Gasteiger partial charge is 0.480 e. The molecule has 0 amide bonds. The summed E-state index contributed by atoms with van der Waals surface area (Å²) in [6.45, 7) is 0. The van der Waals surface area contributed by atoms with Crippen LogP contribution in [0, 0.1) is 5.92 Å². The van der Waals surface area contributed by atoms with Gasteiger partial charge in [0, 0.05) is 5.71 Å². The van der Waals surface area contributed by atoms with Crippen molar-refractivity contribution in [3.8, 4) is 0 Å². The van der Waals surface area contributed by atoms with Crippen LogP contribution in [0.3, 0.4) is 0 Å². The summed E-state index contributed by atoms with van der Waals surface area (Å²) in [4.78, 5) is 14.7. The van der Waals surface area contributed by atoms with E-state index in [1.807, 2.05) is 0 Å². The predicted octanol–water partition coefficient (Wildman–Crippen LogP) is 1.08. The average Bonchev–Trinajstić information content (AvgIpc) is 2.40. The van der Waals surface area contributed by atoms with Crippen LogP contribution in [0.5, 0.6) is 0 Å². The summed E-state index contributed by atoms with van der Waals surface area (Å²) >= 11 is 0. The Bertz CT molecular complexity index is 222. The first-order valence-electron chi connectivity index (χ1n) is 4.07. The smallest absolute Gasteiger partial charge is 0.328 e. The summed E-state index contributed by atoms with van der Waals surface area (Å²) in [5, 5.41) is 8.66. The summed E-state index contributed by atoms with van der Waals surface area (Å²) in [6, 6.07) is -0.421. The van der Waals surface area contributed by atoms with Gasteiger partial charge in [-0.25, -0.2) is 4.79 Å². The minimum Gasteiger partial charge on any atom is -0.480 e. The molecule has 0 unspecified atom stereocenters. The first-order valence-corrected chi connectivity index (χ1v) is 4.07. The van der Waals surface area contributed by atoms with Crippen molar-refractivity contribution in [2.75, 3.05) is 0 Å². The predicted molar refractivity (Wildman–Crippen MR) is 40.8 cm³/mol. The summed E-state index contributed by atoms with van der Waals surface area (Å²) in [6.07, 6.45) is 4.15. The van der Waals surface area contributed by atoms with Crippen LogP contribution in [0.15, 0.2) is 4.99 Å². The number of carboxylic acid groups (broad SMARTS) is 1. The maximum absolute atomic E-state index is 10.5. The third kappa shape index (κ3) is 1.04. The van der Waals surface area contributed by atoms with Gasteiger partial charge < -0.3 is 5.11 Å². The van der Waals surface area contributed by atoms with Gasteiger partial charge in [-0.15, -0.1) is 0 Å². The van der Waals surface area contributed by atoms with Crippen LogP contribution in [-0.4, -0.2) is 22.8 Å². The molecule has 0 aromatic carbocycles. The van der Waals surface area contributed by atoms with Crippen molar-refractivity contribution < 1.29 is 9.90 Å². The summed E-state index contributed by atoms with van der Waals surface area (Å²) in [7, 11) is 0. The summed E-state index contributed by atoms with van der Waals surface area (Å²) < 4.78 is 0. The van der Waals surface area contributed by atoms with Gasteiger partial charge in [-0.1, -0.05) is 0 Å². The van der Waals surface area contributed by atoms with Crippen LogP contribution in [0.2, 0.25) is 0 Å². The molecule has 60 valence electrons. The monoisotopic (exact) mass is 153 g/mol. The van der Waals surface area contributed by atoms with E-state index in [-0.39, 0.29) is 0 Å². The number of carboxylic acids is 1. The van der Waals surface area contributed by atoms with Gasteiger partial charge in [0.2, 0.25) is 0 Å². The first-order chi connectivity index (χ1) is 5.27. The second-order valence-corrected chi connectivity index (χ2v) is 3.30. The molecule has 0 spiro atoms. The first kappa shape index (κ1) is 6.83. The fraction of sp³-hybridized carbons (Fsp3) is 0.750. The third-order valence-electron chi connectivity index (χ3n) is 2.57. The Hall–Kier alpha value is -0.860. The van der Waals surface area contributed by atoms with Gasteiger partial charge in [0.25, 0.3) is 0 Å². The average molecular weight is 153 g/mol. The molecule has 3 nitrogen and oxygen atoms in total. The van der Waals surface area contributed by atoms with Crippen LogP contribution in [0.1, 0.15) is 25.7 Å². The molecule has 2 aliphatic rings. The lowest BCUT2D eigenvalue weighted by atomic mass is 10.0. The van der Waals surface area contributed by atoms with E-state index in [0.717, 1.165) is 25.0 Å². The molecular formula is C8H11NO2. The number of carbonyl (C=O) groups is 1. The minimum absolute atomic E-state index is 0.421. The maximum atomic E-state index is 10.5. The van der Waals surface area contributed by atoms with Gasteiger partial charge in [0.15, 0.2) is 0 Å². The molecule has 1 saturated carbocycles. The number of fused-ring (bicyclic) bond motifs is 1. The number of nitrogens with zero attached hydrogens (tertiary/aromatic N) is 1. The van der Waals surface area contributed by atoms with Gasteiger partial charge in [-0.2, -0.15) is 0 Å². The van der Waals surface area contributed by atoms with E-state index in [4.69, 9.17) is 5.11 Å². The number of aliphatic imine (C=N–C) groups is 1. The number of hydrogen-bond donors (Lipinski definition) is 1. The van der Waals surface area contributed by atoms with Gasteiger partial charge in [0.05, 0.1) is 0 Å². The fourth-order valence-electron chi connectivity index (χ4n) is 2.00. The van der Waals surface area contributed by atoms with Crippen LogP contribution in [0.25, 0.3) is 0 Å². The van der Waals surface area contributed by atoms with E-state index in [1.54, 1.807) is 0 Å². The Kier molecular flexibility index (Phi) is 1.44. The van der Waals surface area contributed by atoms with Crippen LogP contribution in [0.4, 0.5) is 0 Å². The molecule has 2 rings (SSSR count). The molecule has 1 heterocycles. The number of rotatable bonds is 1. The molecule has 0 saturated heterocycles. The fourth-order valence-corrected chi connectivity index (χ4v) is 2.00. The molecule has 1 N–H and O–H groups in total. The molecule has 11 heavy (non-hydrogen) atoms. The lowest BCUT2D eigenvalue weighted by molar-refractivity contribution is -0.138. The van der Waals surface area contributed by atoms with Crippen molar-refractivity contribution in [3.63, 3.8) is 0 Å². The van der Waals surface area contributed by atoms with E-state index in [0.29, 0.717) is 5.92 Å². The molecular weight excluding hydrogens is 142 g/mol. The Balaban J connectivity index is 2.13. The van der Waals surface area contributed by atoms with Gasteiger partial charge in [-0.05, 0) is 31.6 Å². The zero-order valence-electron chi connectivity index (χ0n) is 6.29. The molecule has 2 atom stereocenters. The lowest BCUT2D eigenvalue weighted by Crippen LogP contribution is -2.15. The Morgan fingerprint density at radius 3 is 3.09 bits per heavy atom. The lowest BCUT2D eigenvalue weighted by Gasteiger charge is -2.01. The van der Waals surface area contributed by atoms with E-state index in [1.165, 1.54) is 6.42 Å². The Morgan fingerprint density at radius 2 is 2.45 bits per heavy atom. The van der Waals surface area contributed by atoms with Crippen LogP contribution < -0.4 is 0 Å². The van der Waals surface area contributed by atoms with Crippen molar-refractivity contribution >= 4 is 11.7 Å². The highest BCUT2D eigenvalue weighted by Gasteiger charge is 2.34. The second-order valence-electron chi connectivity index (χ2n) is 3.30. The van der Waals surface area contributed by atoms with E-state index < -0.39 is 12.0 Å². The third-order valence-corrected chi connectivity index (χ3v) is 2.57. The minimum atomic E-state index is -0.757. The highest BCUT2D eigenvalue weighted by atomic mass is 16.4. The van der Waals surface area contributed by atoms with Gasteiger partial charge in [-0.3, -0.25) is 4.99 Å². The molecule has 1 aliphatic carbocycles. The van der Waals surface area contributed by atoms with Crippen LogP contribution in [-0.2, 0) is 4.79 Å². The molecule has 3 heteroatoms. The SMILES string of the molecule is O=C(O)[C@@H]1C[C@H]2CCCC2=N1. The maximum Gasteiger partial charge on any atom is 0.328 e. The van der Waals surface area contributed by atoms with E-state index in [9.17, 15) is 4.79 Å². The van der Waals surface area contributed by atoms with Gasteiger partial charge >= 0.3 is 5.97 Å². The molecule has 0 bridgehead atoms. The standard InChI is InChI=1S/C8H11NO2/c10-8(11)7-4-5-2-1-3-6(5)9-7/h5,7H,1-4H2,(H,10,11)/t5-,7+/m1/s1. The highest BCUT2D eigenvalue weighted by molar-refractivity contribution is 5.93. The molecule has 0 aromatic rings. The van der Waals surface area contributed by atoms with Gasteiger partial charge in [0.1, 0.15) is 6.04 Å². The molecule has 1 fully saturated rings. The number of hydrogen-bond acceptors (Lipinski definition) is 2. The van der Waals surface area contributed by atoms with E-state index in [2.05, 4.69) is 4.99 Å². The normalized spacial score (nSPS) is 35.1. The second kappa shape index (κ2) is 2.32. The topological polar surface area (TPSA) is 49.7 Å². The number of aliphatic carboxylic acids is 1. The molecule has 0 radical (unpaired) electrons. The van der Waals surface area contributed by atoms with Crippen molar-refractivity contribution in [2.45, 2.75) is 31.7 Å². The quantitative estimate of drug-likeness (QED) is 0.612. The van der Waals surface area contributed by atoms with E-state index >= 15 is 0 Å². The van der Waals surface area contributed by atoms with Crippen molar-refractivity contribution in [1.29, 1.82) is 0 Å². The zero-order valence-corrected chi connectivity index (χ0v) is 6.29. The molecule has 1 aliphatic heterocycles. The Labute approximate surface area is 65.1 Å².